The largest absolute Gasteiger partial charge is 0.373 e. The molecule has 1 aromatic carbocycles. The average molecular weight is 365 g/mol. The normalized spacial score (nSPS) is 21.7. The van der Waals surface area contributed by atoms with Crippen LogP contribution < -0.4 is 10.6 Å². The predicted molar refractivity (Wildman–Crippen MR) is 105 cm³/mol. The van der Waals surface area contributed by atoms with Crippen molar-refractivity contribution >= 4 is 5.96 Å². The van der Waals surface area contributed by atoms with Crippen LogP contribution in [0.2, 0.25) is 0 Å². The maximum absolute atomic E-state index is 13.4. The predicted octanol–water partition coefficient (Wildman–Crippen LogP) is 2.69. The molecule has 1 fully saturated rings. The zero-order valence-electron chi connectivity index (χ0n) is 16.5. The maximum Gasteiger partial charge on any atom is 0.191 e. The highest BCUT2D eigenvalue weighted by Crippen LogP contribution is 2.11. The van der Waals surface area contributed by atoms with Gasteiger partial charge in [0.2, 0.25) is 0 Å². The van der Waals surface area contributed by atoms with Crippen LogP contribution in [0.1, 0.15) is 38.3 Å². The van der Waals surface area contributed by atoms with Gasteiger partial charge in [-0.25, -0.2) is 9.38 Å². The van der Waals surface area contributed by atoms with Crippen molar-refractivity contribution in [2.45, 2.75) is 52.9 Å². The van der Waals surface area contributed by atoms with E-state index in [0.29, 0.717) is 24.3 Å². The highest BCUT2D eigenvalue weighted by molar-refractivity contribution is 5.79. The quantitative estimate of drug-likeness (QED) is 0.444. The van der Waals surface area contributed by atoms with Crippen LogP contribution in [-0.4, -0.2) is 55.8 Å². The number of morpholine rings is 1. The lowest BCUT2D eigenvalue weighted by atomic mass is 10.1. The van der Waals surface area contributed by atoms with E-state index in [4.69, 9.17) is 4.74 Å². The van der Waals surface area contributed by atoms with E-state index in [9.17, 15) is 4.39 Å². The van der Waals surface area contributed by atoms with Crippen LogP contribution >= 0.6 is 0 Å². The molecule has 2 N–H and O–H groups in total. The molecule has 0 bridgehead atoms. The number of hydrogen-bond acceptors (Lipinski definition) is 3. The Labute approximate surface area is 157 Å². The van der Waals surface area contributed by atoms with Gasteiger partial charge in [-0.1, -0.05) is 12.1 Å². The molecule has 1 aliphatic rings. The Morgan fingerprint density at radius 1 is 1.27 bits per heavy atom. The molecule has 5 nitrogen and oxygen atoms in total. The lowest BCUT2D eigenvalue weighted by Gasteiger charge is -2.35. The molecule has 2 unspecified atom stereocenters. The van der Waals surface area contributed by atoms with Gasteiger partial charge in [0, 0.05) is 32.7 Å². The zero-order chi connectivity index (χ0) is 18.9. The standard InChI is InChI=1S/C20H33FN4O/c1-5-22-20(24-12-18-7-8-19(21)15(2)11-18)23-9-6-10-25-13-16(3)26-17(4)14-25/h7-8,11,16-17H,5-6,9-10,12-14H2,1-4H3,(H2,22,23,24). The Kier molecular flexibility index (Phi) is 8.32. The number of nitrogens with one attached hydrogen (secondary N) is 2. The Hall–Kier alpha value is -1.66. The second kappa shape index (κ2) is 10.5. The van der Waals surface area contributed by atoms with Gasteiger partial charge in [-0.15, -0.1) is 0 Å². The van der Waals surface area contributed by atoms with E-state index < -0.39 is 0 Å². The maximum atomic E-state index is 13.4. The summed E-state index contributed by atoms with van der Waals surface area (Å²) < 4.78 is 19.1. The summed E-state index contributed by atoms with van der Waals surface area (Å²) in [6.07, 6.45) is 1.67. The molecule has 0 spiro atoms. The number of aryl methyl sites for hydroxylation is 1. The Morgan fingerprint density at radius 3 is 2.65 bits per heavy atom. The summed E-state index contributed by atoms with van der Waals surface area (Å²) >= 11 is 0. The smallest absolute Gasteiger partial charge is 0.191 e. The lowest BCUT2D eigenvalue weighted by Crippen LogP contribution is -2.46. The van der Waals surface area contributed by atoms with Crippen molar-refractivity contribution in [1.82, 2.24) is 15.5 Å². The molecule has 0 radical (unpaired) electrons. The van der Waals surface area contributed by atoms with E-state index in [1.807, 2.05) is 6.07 Å². The summed E-state index contributed by atoms with van der Waals surface area (Å²) in [5, 5.41) is 6.65. The fraction of sp³-hybridized carbons (Fsp3) is 0.650. The first-order valence-corrected chi connectivity index (χ1v) is 9.63. The number of hydrogen-bond donors (Lipinski definition) is 2. The van der Waals surface area contributed by atoms with Crippen molar-refractivity contribution in [1.29, 1.82) is 0 Å². The minimum Gasteiger partial charge on any atom is -0.373 e. The second-order valence-corrected chi connectivity index (χ2v) is 7.08. The molecular weight excluding hydrogens is 331 g/mol. The molecule has 2 atom stereocenters. The number of guanidine groups is 1. The minimum atomic E-state index is -0.172. The lowest BCUT2D eigenvalue weighted by molar-refractivity contribution is -0.0679. The molecule has 0 aliphatic carbocycles. The first kappa shape index (κ1) is 20.6. The number of rotatable bonds is 7. The van der Waals surface area contributed by atoms with Gasteiger partial charge in [-0.05, 0) is 51.3 Å². The van der Waals surface area contributed by atoms with Gasteiger partial charge in [0.15, 0.2) is 5.96 Å². The van der Waals surface area contributed by atoms with Crippen LogP contribution in [0.3, 0.4) is 0 Å². The van der Waals surface area contributed by atoms with Gasteiger partial charge in [0.05, 0.1) is 18.8 Å². The fourth-order valence-corrected chi connectivity index (χ4v) is 3.29. The number of ether oxygens (including phenoxy) is 1. The molecule has 1 aliphatic heterocycles. The third kappa shape index (κ3) is 6.92. The van der Waals surface area contributed by atoms with Crippen molar-refractivity contribution in [2.75, 3.05) is 32.7 Å². The molecule has 6 heteroatoms. The summed E-state index contributed by atoms with van der Waals surface area (Å²) in [5.41, 5.74) is 1.67. The Morgan fingerprint density at radius 2 is 2.00 bits per heavy atom. The molecular formula is C20H33FN4O. The zero-order valence-corrected chi connectivity index (χ0v) is 16.5. The van der Waals surface area contributed by atoms with Gasteiger partial charge in [0.25, 0.3) is 0 Å². The fourth-order valence-electron chi connectivity index (χ4n) is 3.29. The molecule has 1 aromatic rings. The van der Waals surface area contributed by atoms with E-state index in [1.165, 1.54) is 6.07 Å². The van der Waals surface area contributed by atoms with E-state index in [1.54, 1.807) is 13.0 Å². The molecule has 146 valence electrons. The average Bonchev–Trinajstić information content (AvgIpc) is 2.58. The molecule has 2 rings (SSSR count). The number of nitrogens with zero attached hydrogens (tertiary/aromatic N) is 2. The van der Waals surface area contributed by atoms with E-state index >= 15 is 0 Å². The van der Waals surface area contributed by atoms with Crippen molar-refractivity contribution in [3.63, 3.8) is 0 Å². The van der Waals surface area contributed by atoms with Crippen molar-refractivity contribution in [3.05, 3.63) is 35.1 Å². The third-order valence-corrected chi connectivity index (χ3v) is 4.43. The monoisotopic (exact) mass is 364 g/mol. The highest BCUT2D eigenvalue weighted by Gasteiger charge is 2.21. The first-order valence-electron chi connectivity index (χ1n) is 9.63. The van der Waals surface area contributed by atoms with E-state index in [2.05, 4.69) is 41.3 Å². The molecule has 0 amide bonds. The van der Waals surface area contributed by atoms with Crippen LogP contribution in [-0.2, 0) is 11.3 Å². The minimum absolute atomic E-state index is 0.172. The van der Waals surface area contributed by atoms with Crippen LogP contribution in [0.5, 0.6) is 0 Å². The first-order chi connectivity index (χ1) is 12.5. The Bertz CT molecular complexity index is 583. The molecule has 26 heavy (non-hydrogen) atoms. The van der Waals surface area contributed by atoms with Crippen molar-refractivity contribution in [2.24, 2.45) is 4.99 Å². The SMILES string of the molecule is CCNC(=NCc1ccc(F)c(C)c1)NCCCN1CC(C)OC(C)C1. The highest BCUT2D eigenvalue weighted by atomic mass is 19.1. The second-order valence-electron chi connectivity index (χ2n) is 7.08. The molecule has 1 heterocycles. The van der Waals surface area contributed by atoms with Crippen LogP contribution in [0, 0.1) is 12.7 Å². The summed E-state index contributed by atoms with van der Waals surface area (Å²) in [6.45, 7) is 13.4. The van der Waals surface area contributed by atoms with Gasteiger partial charge in [0.1, 0.15) is 5.82 Å². The summed E-state index contributed by atoms with van der Waals surface area (Å²) in [6, 6.07) is 5.14. The number of halogens is 1. The Balaban J connectivity index is 1.77. The van der Waals surface area contributed by atoms with Crippen molar-refractivity contribution in [3.8, 4) is 0 Å². The number of benzene rings is 1. The summed E-state index contributed by atoms with van der Waals surface area (Å²) in [7, 11) is 0. The molecule has 1 saturated heterocycles. The van der Waals surface area contributed by atoms with Gasteiger partial charge < -0.3 is 15.4 Å². The van der Waals surface area contributed by atoms with Crippen molar-refractivity contribution < 1.29 is 9.13 Å². The van der Waals surface area contributed by atoms with Crippen LogP contribution in [0.15, 0.2) is 23.2 Å². The van der Waals surface area contributed by atoms with E-state index in [0.717, 1.165) is 50.7 Å². The van der Waals surface area contributed by atoms with E-state index in [-0.39, 0.29) is 5.82 Å². The van der Waals surface area contributed by atoms with Crippen LogP contribution in [0.25, 0.3) is 0 Å². The molecule has 0 aromatic heterocycles. The number of aliphatic imine (C=N–C) groups is 1. The summed E-state index contributed by atoms with van der Waals surface area (Å²) in [4.78, 5) is 7.07. The topological polar surface area (TPSA) is 48.9 Å². The van der Waals surface area contributed by atoms with Gasteiger partial charge in [-0.2, -0.15) is 0 Å². The third-order valence-electron chi connectivity index (χ3n) is 4.43. The summed E-state index contributed by atoms with van der Waals surface area (Å²) in [5.74, 6) is 0.632. The molecule has 0 saturated carbocycles. The van der Waals surface area contributed by atoms with Gasteiger partial charge >= 0.3 is 0 Å². The van der Waals surface area contributed by atoms with Gasteiger partial charge in [-0.3, -0.25) is 4.90 Å². The van der Waals surface area contributed by atoms with Crippen LogP contribution in [0.4, 0.5) is 4.39 Å².